The minimum absolute atomic E-state index is 0.000874. The Labute approximate surface area is 198 Å². The largest absolute Gasteiger partial charge is 0.617 e. The molecular weight excluding hydrogens is 422 g/mol. The number of rotatable bonds is 4. The minimum atomic E-state index is -0.859. The van der Waals surface area contributed by atoms with E-state index in [4.69, 9.17) is 4.74 Å². The van der Waals surface area contributed by atoms with Crippen molar-refractivity contribution < 1.29 is 19.2 Å². The molecule has 1 amide bonds. The van der Waals surface area contributed by atoms with Crippen LogP contribution in [0.4, 0.5) is 4.79 Å². The molecule has 5 rings (SSSR count). The molecule has 0 heterocycles. The van der Waals surface area contributed by atoms with Crippen LogP contribution in [0.1, 0.15) is 86.0 Å². The van der Waals surface area contributed by atoms with Gasteiger partial charge in [0.25, 0.3) is 0 Å². The van der Waals surface area contributed by atoms with E-state index in [-0.39, 0.29) is 34.4 Å². The molecule has 5 aliphatic carbocycles. The van der Waals surface area contributed by atoms with E-state index >= 15 is 0 Å². The van der Waals surface area contributed by atoms with Crippen molar-refractivity contribution in [3.8, 4) is 0 Å². The maximum atomic E-state index is 12.4. The smallest absolute Gasteiger partial charge is 0.407 e. The fourth-order valence-electron chi connectivity index (χ4n) is 8.91. The molecule has 1 unspecified atom stereocenters. The highest BCUT2D eigenvalue weighted by Gasteiger charge is 2.67. The predicted molar refractivity (Wildman–Crippen MR) is 129 cm³/mol. The Hall–Kier alpha value is -0.460. The van der Waals surface area contributed by atoms with E-state index in [1.54, 1.807) is 6.26 Å². The van der Waals surface area contributed by atoms with Gasteiger partial charge < -0.3 is 19.7 Å². The lowest BCUT2D eigenvalue weighted by Crippen LogP contribution is -2.67. The van der Waals surface area contributed by atoms with Crippen LogP contribution in [-0.4, -0.2) is 46.0 Å². The van der Waals surface area contributed by atoms with Gasteiger partial charge in [-0.2, -0.15) is 0 Å². The van der Waals surface area contributed by atoms with Crippen LogP contribution in [0, 0.1) is 39.9 Å². The maximum absolute atomic E-state index is 12.4. The van der Waals surface area contributed by atoms with Gasteiger partial charge in [-0.25, -0.2) is 4.79 Å². The molecule has 0 aromatic rings. The quantitative estimate of drug-likeness (QED) is 0.577. The highest BCUT2D eigenvalue weighted by Crippen LogP contribution is 2.72. The zero-order valence-electron chi connectivity index (χ0n) is 21.0. The lowest BCUT2D eigenvalue weighted by molar-refractivity contribution is -0.239. The molecule has 5 saturated carbocycles. The molecule has 5 nitrogen and oxygen atoms in total. The second-order valence-electron chi connectivity index (χ2n) is 13.1. The van der Waals surface area contributed by atoms with Crippen molar-refractivity contribution in [2.45, 2.75) is 97.7 Å². The number of hydrogen-bond donors (Lipinski definition) is 2. The molecular formula is C26H45NO4S. The number of alkyl carbamates (subject to hydrolysis) is 1. The number of amides is 1. The second kappa shape index (κ2) is 8.34. The molecule has 5 aliphatic rings. The van der Waals surface area contributed by atoms with Gasteiger partial charge in [-0.05, 0) is 94.3 Å². The first-order valence-corrected chi connectivity index (χ1v) is 14.5. The van der Waals surface area contributed by atoms with Crippen LogP contribution in [0.25, 0.3) is 0 Å². The number of ether oxygens (including phenoxy) is 1. The Bertz CT molecular complexity index is 723. The van der Waals surface area contributed by atoms with Crippen LogP contribution in [0.15, 0.2) is 0 Å². The summed E-state index contributed by atoms with van der Waals surface area (Å²) in [5.74, 6) is 2.43. The molecule has 1 spiro atoms. The molecule has 32 heavy (non-hydrogen) atoms. The van der Waals surface area contributed by atoms with E-state index < -0.39 is 16.8 Å². The minimum Gasteiger partial charge on any atom is -0.617 e. The third kappa shape index (κ3) is 4.11. The highest BCUT2D eigenvalue weighted by molar-refractivity contribution is 7.90. The lowest BCUT2D eigenvalue weighted by Gasteiger charge is -2.70. The monoisotopic (exact) mass is 467 g/mol. The summed E-state index contributed by atoms with van der Waals surface area (Å²) in [7, 11) is 0. The van der Waals surface area contributed by atoms with E-state index in [1.165, 1.54) is 25.7 Å². The first-order valence-electron chi connectivity index (χ1n) is 12.8. The predicted octanol–water partition coefficient (Wildman–Crippen LogP) is 4.89. The summed E-state index contributed by atoms with van der Waals surface area (Å²) in [6.07, 6.45) is 10.4. The number of aliphatic hydroxyl groups is 1. The van der Waals surface area contributed by atoms with Gasteiger partial charge in [0.2, 0.25) is 0 Å². The van der Waals surface area contributed by atoms with Gasteiger partial charge in [-0.15, -0.1) is 0 Å². The fraction of sp³-hybridized carbons (Fsp3) is 0.962. The number of nitrogens with one attached hydrogen (secondary N) is 1. The maximum Gasteiger partial charge on any atom is 0.407 e. The third-order valence-electron chi connectivity index (χ3n) is 10.1. The van der Waals surface area contributed by atoms with E-state index in [0.717, 1.165) is 25.7 Å². The van der Waals surface area contributed by atoms with Crippen LogP contribution in [0.2, 0.25) is 0 Å². The van der Waals surface area contributed by atoms with Gasteiger partial charge >= 0.3 is 6.09 Å². The Morgan fingerprint density at radius 3 is 2.50 bits per heavy atom. The molecule has 0 radical (unpaired) electrons. The molecule has 0 aromatic heterocycles. The van der Waals surface area contributed by atoms with Crippen molar-refractivity contribution in [1.82, 2.24) is 5.32 Å². The van der Waals surface area contributed by atoms with Gasteiger partial charge in [0, 0.05) is 17.9 Å². The number of carbonyl (C=O) groups is 1. The van der Waals surface area contributed by atoms with Gasteiger partial charge in [-0.3, -0.25) is 0 Å². The SMILES string of the molecule is C[S+]([O-])C[C@H]1[C@H]2CC[C@@]3(CC[C@@H]4[C@](C)(CNC(=O)OC(C)(C)C)CCC[C@@]4(C)[C@@H]3C2)[C@@H]1O. The molecule has 2 N–H and O–H groups in total. The number of hydrogen-bond acceptors (Lipinski definition) is 4. The molecule has 5 fully saturated rings. The number of fused-ring (bicyclic) bond motifs is 3. The highest BCUT2D eigenvalue weighted by atomic mass is 32.2. The van der Waals surface area contributed by atoms with Crippen molar-refractivity contribution in [2.24, 2.45) is 39.9 Å². The molecule has 9 atom stereocenters. The average Bonchev–Trinajstić information content (AvgIpc) is 2.67. The van der Waals surface area contributed by atoms with Gasteiger partial charge in [0.1, 0.15) is 11.4 Å². The Kier molecular flexibility index (Phi) is 6.42. The first kappa shape index (κ1) is 24.7. The van der Waals surface area contributed by atoms with Crippen LogP contribution in [0.5, 0.6) is 0 Å². The van der Waals surface area contributed by atoms with E-state index in [1.807, 2.05) is 20.8 Å². The first-order chi connectivity index (χ1) is 14.8. The summed E-state index contributed by atoms with van der Waals surface area (Å²) in [5.41, 5.74) is -0.241. The summed E-state index contributed by atoms with van der Waals surface area (Å²) in [6, 6.07) is 0. The Morgan fingerprint density at radius 1 is 1.16 bits per heavy atom. The van der Waals surface area contributed by atoms with Gasteiger partial charge in [-0.1, -0.05) is 31.4 Å². The summed E-state index contributed by atoms with van der Waals surface area (Å²) in [5, 5.41) is 14.7. The van der Waals surface area contributed by atoms with Crippen molar-refractivity contribution in [1.29, 1.82) is 0 Å². The van der Waals surface area contributed by atoms with Crippen molar-refractivity contribution in [2.75, 3.05) is 18.6 Å². The van der Waals surface area contributed by atoms with Crippen molar-refractivity contribution >= 4 is 17.3 Å². The van der Waals surface area contributed by atoms with Crippen LogP contribution in [0.3, 0.4) is 0 Å². The zero-order valence-corrected chi connectivity index (χ0v) is 21.9. The fourth-order valence-corrected chi connectivity index (χ4v) is 9.90. The number of carbonyl (C=O) groups excluding carboxylic acids is 1. The van der Waals surface area contributed by atoms with Crippen LogP contribution in [-0.2, 0) is 15.9 Å². The molecule has 2 bridgehead atoms. The van der Waals surface area contributed by atoms with E-state index in [9.17, 15) is 14.5 Å². The van der Waals surface area contributed by atoms with E-state index in [2.05, 4.69) is 19.2 Å². The van der Waals surface area contributed by atoms with Crippen LogP contribution < -0.4 is 5.32 Å². The second-order valence-corrected chi connectivity index (χ2v) is 14.6. The third-order valence-corrected chi connectivity index (χ3v) is 10.9. The number of aliphatic hydroxyl groups excluding tert-OH is 1. The summed E-state index contributed by atoms with van der Waals surface area (Å²) >= 11 is -0.859. The Balaban J connectivity index is 1.54. The molecule has 0 aromatic carbocycles. The van der Waals surface area contributed by atoms with Crippen molar-refractivity contribution in [3.63, 3.8) is 0 Å². The van der Waals surface area contributed by atoms with Gasteiger partial charge in [0.05, 0.1) is 12.4 Å². The molecule has 0 aliphatic heterocycles. The van der Waals surface area contributed by atoms with Gasteiger partial charge in [0.15, 0.2) is 0 Å². The molecule has 6 heteroatoms. The normalized spacial score (nSPS) is 46.7. The lowest BCUT2D eigenvalue weighted by atomic mass is 9.35. The standard InChI is InChI=1S/C26H45NO4S/c1-23(2,3)31-22(29)27-16-24(4)10-7-11-25(5)19(24)9-13-26-12-8-17(14-20(25)26)18(21(26)28)15-32(6)30/h17-21,28H,7-16H2,1-6H3,(H,27,29)/t17-,18-,19+,20-,21+,24-,25+,26-,32?/m0/s1. The average molecular weight is 468 g/mol. The molecule has 184 valence electrons. The Morgan fingerprint density at radius 2 is 1.84 bits per heavy atom. The van der Waals surface area contributed by atoms with Crippen LogP contribution >= 0.6 is 0 Å². The summed E-state index contributed by atoms with van der Waals surface area (Å²) in [6.45, 7) is 11.2. The zero-order chi connectivity index (χ0) is 23.5. The summed E-state index contributed by atoms with van der Waals surface area (Å²) in [4.78, 5) is 12.4. The topological polar surface area (TPSA) is 81.6 Å². The molecule has 0 saturated heterocycles. The van der Waals surface area contributed by atoms with Crippen molar-refractivity contribution in [3.05, 3.63) is 0 Å². The van der Waals surface area contributed by atoms with E-state index in [0.29, 0.717) is 30.1 Å². The summed E-state index contributed by atoms with van der Waals surface area (Å²) < 4.78 is 17.5.